The Balaban J connectivity index is 1.98. The molecule has 0 amide bonds. The Kier molecular flexibility index (Phi) is 4.72. The van der Waals surface area contributed by atoms with Crippen molar-refractivity contribution < 1.29 is 0 Å². The standard InChI is InChI=1S/C15H20N4/c1-3-9-17-14-7-4-8-15(19-14)18-11-13-12(2)6-5-10-16-13/h4-8,10H,3,9,11H2,1-2H3,(H2,17,18,19). The van der Waals surface area contributed by atoms with E-state index in [1.54, 1.807) is 0 Å². The first kappa shape index (κ1) is 13.3. The maximum absolute atomic E-state index is 4.50. The van der Waals surface area contributed by atoms with E-state index >= 15 is 0 Å². The molecule has 0 aromatic carbocycles. The van der Waals surface area contributed by atoms with Crippen LogP contribution in [0.3, 0.4) is 0 Å². The molecule has 0 atom stereocenters. The van der Waals surface area contributed by atoms with E-state index in [1.165, 1.54) is 5.56 Å². The topological polar surface area (TPSA) is 49.8 Å². The molecule has 2 N–H and O–H groups in total. The number of aryl methyl sites for hydroxylation is 1. The van der Waals surface area contributed by atoms with Gasteiger partial charge >= 0.3 is 0 Å². The lowest BCUT2D eigenvalue weighted by molar-refractivity contribution is 0.965. The highest BCUT2D eigenvalue weighted by atomic mass is 15.1. The molecule has 0 aliphatic heterocycles. The van der Waals surface area contributed by atoms with Crippen molar-refractivity contribution in [2.75, 3.05) is 17.2 Å². The Hall–Kier alpha value is -2.10. The van der Waals surface area contributed by atoms with Gasteiger partial charge in [-0.15, -0.1) is 0 Å². The van der Waals surface area contributed by atoms with E-state index in [0.717, 1.165) is 30.3 Å². The predicted molar refractivity (Wildman–Crippen MR) is 79.3 cm³/mol. The molecule has 0 aliphatic carbocycles. The molecule has 0 aliphatic rings. The maximum Gasteiger partial charge on any atom is 0.128 e. The summed E-state index contributed by atoms with van der Waals surface area (Å²) in [6.45, 7) is 5.84. The number of pyridine rings is 2. The predicted octanol–water partition coefficient (Wildman–Crippen LogP) is 3.22. The molecular weight excluding hydrogens is 236 g/mol. The summed E-state index contributed by atoms with van der Waals surface area (Å²) in [5, 5.41) is 6.58. The highest BCUT2D eigenvalue weighted by Gasteiger charge is 2.00. The third-order valence-corrected chi connectivity index (χ3v) is 2.86. The molecule has 2 aromatic rings. The van der Waals surface area contributed by atoms with E-state index in [1.807, 2.05) is 30.5 Å². The first-order valence-corrected chi connectivity index (χ1v) is 6.65. The summed E-state index contributed by atoms with van der Waals surface area (Å²) in [4.78, 5) is 8.86. The maximum atomic E-state index is 4.50. The Morgan fingerprint density at radius 3 is 2.58 bits per heavy atom. The Morgan fingerprint density at radius 1 is 1.05 bits per heavy atom. The second kappa shape index (κ2) is 6.73. The average Bonchev–Trinajstić information content (AvgIpc) is 2.45. The molecule has 0 bridgehead atoms. The average molecular weight is 256 g/mol. The van der Waals surface area contributed by atoms with E-state index in [0.29, 0.717) is 6.54 Å². The van der Waals surface area contributed by atoms with Gasteiger partial charge in [-0.25, -0.2) is 4.98 Å². The molecule has 2 heterocycles. The van der Waals surface area contributed by atoms with Crippen LogP contribution in [0.1, 0.15) is 24.6 Å². The van der Waals surface area contributed by atoms with E-state index in [9.17, 15) is 0 Å². The monoisotopic (exact) mass is 256 g/mol. The van der Waals surface area contributed by atoms with Gasteiger partial charge in [0, 0.05) is 12.7 Å². The number of hydrogen-bond donors (Lipinski definition) is 2. The van der Waals surface area contributed by atoms with Gasteiger partial charge in [0.05, 0.1) is 12.2 Å². The van der Waals surface area contributed by atoms with Gasteiger partial charge in [0.25, 0.3) is 0 Å². The second-order valence-corrected chi connectivity index (χ2v) is 4.46. The number of nitrogens with zero attached hydrogens (tertiary/aromatic N) is 2. The van der Waals surface area contributed by atoms with Crippen molar-refractivity contribution in [3.05, 3.63) is 47.8 Å². The SMILES string of the molecule is CCCNc1cccc(NCc2ncccc2C)n1. The Morgan fingerprint density at radius 2 is 1.84 bits per heavy atom. The highest BCUT2D eigenvalue weighted by Crippen LogP contribution is 2.11. The summed E-state index contributed by atoms with van der Waals surface area (Å²) < 4.78 is 0. The molecule has 19 heavy (non-hydrogen) atoms. The summed E-state index contributed by atoms with van der Waals surface area (Å²) in [7, 11) is 0. The van der Waals surface area contributed by atoms with Crippen molar-refractivity contribution in [2.45, 2.75) is 26.8 Å². The van der Waals surface area contributed by atoms with Crippen molar-refractivity contribution >= 4 is 11.6 Å². The van der Waals surface area contributed by atoms with Crippen LogP contribution in [0.5, 0.6) is 0 Å². The number of rotatable bonds is 6. The van der Waals surface area contributed by atoms with Gasteiger partial charge in [0.15, 0.2) is 0 Å². The van der Waals surface area contributed by atoms with Gasteiger partial charge < -0.3 is 10.6 Å². The minimum absolute atomic E-state index is 0.691. The van der Waals surface area contributed by atoms with Gasteiger partial charge in [-0.2, -0.15) is 0 Å². The van der Waals surface area contributed by atoms with Crippen LogP contribution < -0.4 is 10.6 Å². The fourth-order valence-electron chi connectivity index (χ4n) is 1.76. The summed E-state index contributed by atoms with van der Waals surface area (Å²) in [6.07, 6.45) is 2.91. The van der Waals surface area contributed by atoms with Crippen LogP contribution in [0.15, 0.2) is 36.5 Å². The zero-order valence-electron chi connectivity index (χ0n) is 11.5. The summed E-state index contributed by atoms with van der Waals surface area (Å²) in [6, 6.07) is 9.96. The van der Waals surface area contributed by atoms with Crippen LogP contribution in [-0.4, -0.2) is 16.5 Å². The molecule has 4 nitrogen and oxygen atoms in total. The molecule has 0 radical (unpaired) electrons. The summed E-state index contributed by atoms with van der Waals surface area (Å²) in [5.41, 5.74) is 2.24. The van der Waals surface area contributed by atoms with Crippen LogP contribution >= 0.6 is 0 Å². The highest BCUT2D eigenvalue weighted by molar-refractivity contribution is 5.45. The molecule has 0 unspecified atom stereocenters. The van der Waals surface area contributed by atoms with E-state index in [4.69, 9.17) is 0 Å². The fourth-order valence-corrected chi connectivity index (χ4v) is 1.76. The number of aromatic nitrogens is 2. The largest absolute Gasteiger partial charge is 0.370 e. The van der Waals surface area contributed by atoms with Crippen LogP contribution in [0, 0.1) is 6.92 Å². The molecule has 0 fully saturated rings. The molecule has 0 saturated carbocycles. The van der Waals surface area contributed by atoms with Gasteiger partial charge in [0.2, 0.25) is 0 Å². The third kappa shape index (κ3) is 3.95. The van der Waals surface area contributed by atoms with Gasteiger partial charge in [-0.3, -0.25) is 4.98 Å². The third-order valence-electron chi connectivity index (χ3n) is 2.86. The molecule has 2 aromatic heterocycles. The van der Waals surface area contributed by atoms with Crippen LogP contribution in [0.4, 0.5) is 11.6 Å². The van der Waals surface area contributed by atoms with E-state index in [2.05, 4.69) is 40.5 Å². The van der Waals surface area contributed by atoms with Crippen molar-refractivity contribution in [3.8, 4) is 0 Å². The zero-order valence-corrected chi connectivity index (χ0v) is 11.5. The van der Waals surface area contributed by atoms with Gasteiger partial charge in [0.1, 0.15) is 11.6 Å². The van der Waals surface area contributed by atoms with Crippen LogP contribution in [-0.2, 0) is 6.54 Å². The molecule has 2 rings (SSSR count). The molecule has 4 heteroatoms. The minimum Gasteiger partial charge on any atom is -0.370 e. The quantitative estimate of drug-likeness (QED) is 0.833. The Labute approximate surface area is 114 Å². The second-order valence-electron chi connectivity index (χ2n) is 4.46. The zero-order chi connectivity index (χ0) is 13.5. The van der Waals surface area contributed by atoms with E-state index < -0.39 is 0 Å². The minimum atomic E-state index is 0.691. The van der Waals surface area contributed by atoms with Crippen molar-refractivity contribution in [1.82, 2.24) is 9.97 Å². The number of hydrogen-bond acceptors (Lipinski definition) is 4. The van der Waals surface area contributed by atoms with Gasteiger partial charge in [-0.1, -0.05) is 19.1 Å². The smallest absolute Gasteiger partial charge is 0.128 e. The molecule has 0 spiro atoms. The first-order valence-electron chi connectivity index (χ1n) is 6.65. The van der Waals surface area contributed by atoms with Crippen molar-refractivity contribution in [2.24, 2.45) is 0 Å². The summed E-state index contributed by atoms with van der Waals surface area (Å²) >= 11 is 0. The van der Waals surface area contributed by atoms with Crippen LogP contribution in [0.2, 0.25) is 0 Å². The molecular formula is C15H20N4. The van der Waals surface area contributed by atoms with Crippen LogP contribution in [0.25, 0.3) is 0 Å². The van der Waals surface area contributed by atoms with E-state index in [-0.39, 0.29) is 0 Å². The van der Waals surface area contributed by atoms with Gasteiger partial charge in [-0.05, 0) is 37.1 Å². The number of nitrogens with one attached hydrogen (secondary N) is 2. The fraction of sp³-hybridized carbons (Fsp3) is 0.333. The summed E-state index contributed by atoms with van der Waals surface area (Å²) in [5.74, 6) is 1.77. The molecule has 0 saturated heterocycles. The number of anilines is 2. The first-order chi connectivity index (χ1) is 9.29. The normalized spacial score (nSPS) is 10.2. The Bertz CT molecular complexity index is 525. The lowest BCUT2D eigenvalue weighted by atomic mass is 10.2. The lowest BCUT2D eigenvalue weighted by Gasteiger charge is -2.09. The van der Waals surface area contributed by atoms with Crippen molar-refractivity contribution in [3.63, 3.8) is 0 Å². The molecule has 100 valence electrons. The lowest BCUT2D eigenvalue weighted by Crippen LogP contribution is -2.07. The van der Waals surface area contributed by atoms with Crippen molar-refractivity contribution in [1.29, 1.82) is 0 Å².